The van der Waals surface area contributed by atoms with Crippen molar-refractivity contribution >= 4 is 40.2 Å². The van der Waals surface area contributed by atoms with Gasteiger partial charge in [0.25, 0.3) is 0 Å². The van der Waals surface area contributed by atoms with E-state index < -0.39 is 5.91 Å². The maximum absolute atomic E-state index is 11.2. The van der Waals surface area contributed by atoms with Gasteiger partial charge >= 0.3 is 0 Å². The van der Waals surface area contributed by atoms with Gasteiger partial charge in [0.05, 0.1) is 16.6 Å². The number of carbonyl (C=O) groups is 1. The van der Waals surface area contributed by atoms with E-state index in [-0.39, 0.29) is 0 Å². The number of aromatic amines is 1. The Bertz CT molecular complexity index is 1230. The van der Waals surface area contributed by atoms with Crippen LogP contribution >= 0.6 is 11.6 Å². The zero-order valence-corrected chi connectivity index (χ0v) is 17.4. The van der Waals surface area contributed by atoms with Crippen molar-refractivity contribution in [3.05, 3.63) is 65.4 Å². The summed E-state index contributed by atoms with van der Waals surface area (Å²) in [7, 11) is 0. The molecule has 0 radical (unpaired) electrons. The average Bonchev–Trinajstić information content (AvgIpc) is 3.22. The molecule has 1 aliphatic rings. The first-order valence-electron chi connectivity index (χ1n) is 9.94. The second-order valence-electron chi connectivity index (χ2n) is 7.40. The molecule has 1 saturated heterocycles. The number of rotatable bonds is 4. The van der Waals surface area contributed by atoms with Crippen LogP contribution in [0.15, 0.2) is 54.9 Å². The van der Waals surface area contributed by atoms with Crippen molar-refractivity contribution in [1.29, 1.82) is 0 Å². The summed E-state index contributed by atoms with van der Waals surface area (Å²) in [5.41, 5.74) is 8.40. The minimum atomic E-state index is -0.468. The third kappa shape index (κ3) is 3.89. The third-order valence-corrected chi connectivity index (χ3v) is 5.66. The van der Waals surface area contributed by atoms with Gasteiger partial charge in [-0.3, -0.25) is 4.79 Å². The summed E-state index contributed by atoms with van der Waals surface area (Å²) < 4.78 is 0. The van der Waals surface area contributed by atoms with Crippen LogP contribution in [0.4, 0.5) is 11.6 Å². The maximum atomic E-state index is 11.2. The average molecular weight is 434 g/mol. The summed E-state index contributed by atoms with van der Waals surface area (Å²) in [6.45, 7) is 3.29. The van der Waals surface area contributed by atoms with Crippen LogP contribution in [0, 0.1) is 0 Å². The molecule has 0 unspecified atom stereocenters. The quantitative estimate of drug-likeness (QED) is 0.512. The van der Waals surface area contributed by atoms with E-state index in [0.717, 1.165) is 60.2 Å². The second kappa shape index (κ2) is 7.88. The Labute approximate surface area is 183 Å². The molecule has 31 heavy (non-hydrogen) atoms. The smallest absolute Gasteiger partial charge is 0.250 e. The molecule has 0 saturated carbocycles. The lowest BCUT2D eigenvalue weighted by Gasteiger charge is -2.36. The van der Waals surface area contributed by atoms with Crippen LogP contribution in [0.2, 0.25) is 5.02 Å². The molecule has 0 spiro atoms. The highest BCUT2D eigenvalue weighted by Gasteiger charge is 2.19. The Kier molecular flexibility index (Phi) is 4.91. The first-order valence-corrected chi connectivity index (χ1v) is 10.3. The Morgan fingerprint density at radius 1 is 0.935 bits per heavy atom. The fourth-order valence-corrected chi connectivity index (χ4v) is 3.89. The molecule has 1 fully saturated rings. The zero-order chi connectivity index (χ0) is 21.4. The van der Waals surface area contributed by atoms with E-state index in [1.54, 1.807) is 6.07 Å². The van der Waals surface area contributed by atoms with Crippen molar-refractivity contribution in [1.82, 2.24) is 19.9 Å². The van der Waals surface area contributed by atoms with E-state index in [1.165, 1.54) is 6.20 Å². The molecule has 0 atom stereocenters. The Balaban J connectivity index is 1.26. The van der Waals surface area contributed by atoms with Gasteiger partial charge in [-0.15, -0.1) is 0 Å². The van der Waals surface area contributed by atoms with Gasteiger partial charge in [-0.1, -0.05) is 11.6 Å². The molecular formula is C22H20ClN7O. The summed E-state index contributed by atoms with van der Waals surface area (Å²) in [4.78, 5) is 32.6. The van der Waals surface area contributed by atoms with Gasteiger partial charge in [0.2, 0.25) is 5.91 Å². The number of primary amides is 1. The van der Waals surface area contributed by atoms with E-state index in [4.69, 9.17) is 17.3 Å². The lowest BCUT2D eigenvalue weighted by Crippen LogP contribution is -2.47. The molecule has 9 heteroatoms. The van der Waals surface area contributed by atoms with Gasteiger partial charge in [0, 0.05) is 49.2 Å². The molecule has 8 nitrogen and oxygen atoms in total. The normalized spacial score (nSPS) is 14.2. The number of nitrogens with zero attached hydrogens (tertiary/aromatic N) is 5. The number of benzene rings is 1. The van der Waals surface area contributed by atoms with Gasteiger partial charge < -0.3 is 20.5 Å². The minimum Gasteiger partial charge on any atom is -0.366 e. The van der Waals surface area contributed by atoms with Crippen molar-refractivity contribution in [2.45, 2.75) is 0 Å². The number of amides is 1. The molecule has 0 aliphatic carbocycles. The summed E-state index contributed by atoms with van der Waals surface area (Å²) >= 11 is 6.06. The number of nitrogens with two attached hydrogens (primary N) is 1. The number of halogens is 1. The predicted molar refractivity (Wildman–Crippen MR) is 122 cm³/mol. The molecule has 4 aromatic rings. The number of aromatic nitrogens is 4. The molecule has 3 N–H and O–H groups in total. The van der Waals surface area contributed by atoms with Gasteiger partial charge in [0.15, 0.2) is 0 Å². The highest BCUT2D eigenvalue weighted by Crippen LogP contribution is 2.24. The van der Waals surface area contributed by atoms with Crippen molar-refractivity contribution < 1.29 is 4.79 Å². The number of imidazole rings is 1. The standard InChI is InChI=1S/C22H20ClN7O/c23-16-3-4-17-18(11-16)28-22(27-17)15-2-6-20(26-13-15)30-9-7-29(8-10-30)19-5-1-14(12-25-19)21(24)31/h1-6,11-13H,7-10H2,(H2,24,31)(H,27,28). The summed E-state index contributed by atoms with van der Waals surface area (Å²) in [5.74, 6) is 2.08. The van der Waals surface area contributed by atoms with E-state index >= 15 is 0 Å². The maximum Gasteiger partial charge on any atom is 0.250 e. The number of carbonyl (C=O) groups excluding carboxylic acids is 1. The molecule has 4 heterocycles. The van der Waals surface area contributed by atoms with Crippen LogP contribution in [0.25, 0.3) is 22.4 Å². The number of pyridine rings is 2. The number of hydrogen-bond donors (Lipinski definition) is 2. The number of fused-ring (bicyclic) bond motifs is 1. The number of anilines is 2. The summed E-state index contributed by atoms with van der Waals surface area (Å²) in [6, 6.07) is 13.2. The summed E-state index contributed by atoms with van der Waals surface area (Å²) in [6.07, 6.45) is 3.36. The number of nitrogens with one attached hydrogen (secondary N) is 1. The van der Waals surface area contributed by atoms with Crippen LogP contribution in [0.5, 0.6) is 0 Å². The number of piperazine rings is 1. The van der Waals surface area contributed by atoms with Crippen molar-refractivity contribution in [2.75, 3.05) is 36.0 Å². The Morgan fingerprint density at radius 2 is 1.61 bits per heavy atom. The topological polar surface area (TPSA) is 104 Å². The highest BCUT2D eigenvalue weighted by atomic mass is 35.5. The minimum absolute atomic E-state index is 0.416. The molecular weight excluding hydrogens is 414 g/mol. The predicted octanol–water partition coefficient (Wildman–Crippen LogP) is 3.10. The highest BCUT2D eigenvalue weighted by molar-refractivity contribution is 6.31. The molecule has 0 bridgehead atoms. The van der Waals surface area contributed by atoms with E-state index in [2.05, 4.69) is 29.7 Å². The molecule has 3 aromatic heterocycles. The summed E-state index contributed by atoms with van der Waals surface area (Å²) in [5, 5.41) is 0.675. The molecule has 156 valence electrons. The van der Waals surface area contributed by atoms with Gasteiger partial charge in [-0.2, -0.15) is 0 Å². The van der Waals surface area contributed by atoms with Gasteiger partial charge in [0.1, 0.15) is 17.5 Å². The van der Waals surface area contributed by atoms with E-state index in [9.17, 15) is 4.79 Å². The van der Waals surface area contributed by atoms with E-state index in [0.29, 0.717) is 10.6 Å². The monoisotopic (exact) mass is 433 g/mol. The molecule has 1 aliphatic heterocycles. The van der Waals surface area contributed by atoms with Crippen LogP contribution in [0.1, 0.15) is 10.4 Å². The van der Waals surface area contributed by atoms with Crippen LogP contribution in [-0.2, 0) is 0 Å². The van der Waals surface area contributed by atoms with E-state index in [1.807, 2.05) is 42.6 Å². The first-order chi connectivity index (χ1) is 15.1. The lowest BCUT2D eigenvalue weighted by atomic mass is 10.2. The van der Waals surface area contributed by atoms with Crippen LogP contribution in [0.3, 0.4) is 0 Å². The third-order valence-electron chi connectivity index (χ3n) is 5.43. The SMILES string of the molecule is NC(=O)c1ccc(N2CCN(c3ccc(-c4nc5ccc(Cl)cc5[nH]4)cn3)CC2)nc1. The second-order valence-corrected chi connectivity index (χ2v) is 7.83. The van der Waals surface area contributed by atoms with Crippen molar-refractivity contribution in [3.63, 3.8) is 0 Å². The Hall–Kier alpha value is -3.65. The molecule has 1 amide bonds. The fourth-order valence-electron chi connectivity index (χ4n) is 3.72. The fraction of sp³-hybridized carbons (Fsp3) is 0.182. The molecule has 1 aromatic carbocycles. The molecule has 5 rings (SSSR count). The number of hydrogen-bond acceptors (Lipinski definition) is 6. The largest absolute Gasteiger partial charge is 0.366 e. The van der Waals surface area contributed by atoms with Crippen molar-refractivity contribution in [2.24, 2.45) is 5.73 Å². The van der Waals surface area contributed by atoms with Crippen LogP contribution in [-0.4, -0.2) is 52.0 Å². The lowest BCUT2D eigenvalue weighted by molar-refractivity contribution is 0.1000. The van der Waals surface area contributed by atoms with Gasteiger partial charge in [-0.25, -0.2) is 15.0 Å². The van der Waals surface area contributed by atoms with Crippen LogP contribution < -0.4 is 15.5 Å². The Morgan fingerprint density at radius 3 is 2.19 bits per heavy atom. The first kappa shape index (κ1) is 19.3. The number of H-pyrrole nitrogens is 1. The van der Waals surface area contributed by atoms with Gasteiger partial charge in [-0.05, 0) is 42.5 Å². The zero-order valence-electron chi connectivity index (χ0n) is 16.6. The van der Waals surface area contributed by atoms with Crippen molar-refractivity contribution in [3.8, 4) is 11.4 Å².